The molecule has 0 spiro atoms. The van der Waals surface area contributed by atoms with Crippen LogP contribution in [0.3, 0.4) is 0 Å². The van der Waals surface area contributed by atoms with E-state index in [1.165, 1.54) is 36.2 Å². The van der Waals surface area contributed by atoms with Crippen molar-refractivity contribution in [2.24, 2.45) is 7.05 Å². The summed E-state index contributed by atoms with van der Waals surface area (Å²) in [5.41, 5.74) is -1.42. The van der Waals surface area contributed by atoms with Gasteiger partial charge in [-0.1, -0.05) is 29.8 Å². The van der Waals surface area contributed by atoms with Crippen LogP contribution in [0, 0.1) is 10.1 Å². The minimum absolute atomic E-state index is 0.0307. The van der Waals surface area contributed by atoms with Gasteiger partial charge in [-0.3, -0.25) is 28.9 Å². The molecule has 0 aliphatic carbocycles. The van der Waals surface area contributed by atoms with Crippen LogP contribution in [-0.4, -0.2) is 70.1 Å². The number of nitrogens with zero attached hydrogens (tertiary/aromatic N) is 6. The molecule has 4 rings (SSSR count). The van der Waals surface area contributed by atoms with Gasteiger partial charge in [0.15, 0.2) is 17.8 Å². The second-order valence-corrected chi connectivity index (χ2v) is 9.56. The Morgan fingerprint density at radius 3 is 2.45 bits per heavy atom. The van der Waals surface area contributed by atoms with Gasteiger partial charge in [0.2, 0.25) is 0 Å². The van der Waals surface area contributed by atoms with E-state index in [-0.39, 0.29) is 29.3 Å². The van der Waals surface area contributed by atoms with E-state index < -0.39 is 41.2 Å². The first-order chi connectivity index (χ1) is 18.8. The monoisotopic (exact) mass is 567 g/mol. The van der Waals surface area contributed by atoms with Crippen molar-refractivity contribution in [3.8, 4) is 0 Å². The largest absolute Gasteiger partial charge is 0.493 e. The summed E-state index contributed by atoms with van der Waals surface area (Å²) in [5.74, 6) is -2.85. The summed E-state index contributed by atoms with van der Waals surface area (Å²) in [6.45, 7) is 4.79. The van der Waals surface area contributed by atoms with Crippen LogP contribution in [0.2, 0.25) is 0 Å². The van der Waals surface area contributed by atoms with Crippen molar-refractivity contribution in [3.05, 3.63) is 72.4 Å². The average Bonchev–Trinajstić information content (AvgIpc) is 3.22. The number of allylic oxidation sites excluding steroid dienone is 1. The summed E-state index contributed by atoms with van der Waals surface area (Å²) in [4.78, 5) is 58.4. The summed E-state index contributed by atoms with van der Waals surface area (Å²) in [6, 6.07) is 5.60. The summed E-state index contributed by atoms with van der Waals surface area (Å²) < 4.78 is 41.7. The molecular formula is C24H28F3N7O6. The van der Waals surface area contributed by atoms with Crippen LogP contribution in [0.4, 0.5) is 30.4 Å². The van der Waals surface area contributed by atoms with E-state index in [1.807, 2.05) is 0 Å². The number of alkyl halides is 3. The van der Waals surface area contributed by atoms with Gasteiger partial charge in [-0.15, -0.1) is 5.06 Å². The molecule has 2 aliphatic rings. The van der Waals surface area contributed by atoms with Crippen molar-refractivity contribution in [1.82, 2.24) is 19.4 Å². The fourth-order valence-electron chi connectivity index (χ4n) is 4.68. The fraction of sp³-hybridized carbons (Fsp3) is 0.458. The van der Waals surface area contributed by atoms with Gasteiger partial charge in [-0.2, -0.15) is 13.2 Å². The number of fused-ring (bicyclic) bond motifs is 1. The second-order valence-electron chi connectivity index (χ2n) is 9.56. The number of piperazine rings is 1. The van der Waals surface area contributed by atoms with Gasteiger partial charge >= 0.3 is 17.8 Å². The Hall–Kier alpha value is -4.18. The number of rotatable bonds is 7. The number of halogens is 3. The van der Waals surface area contributed by atoms with Gasteiger partial charge in [-0.25, -0.2) is 9.59 Å². The molecule has 16 heteroatoms. The molecule has 2 aromatic rings. The third-order valence-electron chi connectivity index (χ3n) is 6.58. The summed E-state index contributed by atoms with van der Waals surface area (Å²) >= 11 is 0. The second kappa shape index (κ2) is 11.1. The number of hydrogen-bond acceptors (Lipinski definition) is 10. The zero-order valence-corrected chi connectivity index (χ0v) is 22.0. The van der Waals surface area contributed by atoms with Crippen molar-refractivity contribution in [2.45, 2.75) is 32.9 Å². The van der Waals surface area contributed by atoms with E-state index in [9.17, 15) is 37.7 Å². The number of para-hydroxylation sites is 1. The smallest absolute Gasteiger partial charge is 0.327 e. The standard InChI is InChI=1S/C24H28F3N7O6/c1-15(2)8-11-31-18-19(33(40-21(36)24(25,26)27)22(31)30-12-9-28-10-13-30)29(3)23(37)32(20(18)35)14-16-6-4-5-7-17(16)34(38)39/h4-8,22,28H,9-14H2,1-3H3. The maximum Gasteiger partial charge on any atom is 0.493 e. The highest BCUT2D eigenvalue weighted by Crippen LogP contribution is 2.38. The van der Waals surface area contributed by atoms with E-state index in [0.29, 0.717) is 31.2 Å². The van der Waals surface area contributed by atoms with E-state index >= 15 is 0 Å². The minimum Gasteiger partial charge on any atom is -0.327 e. The molecule has 0 bridgehead atoms. The molecule has 1 N–H and O–H groups in total. The molecule has 1 aromatic carbocycles. The lowest BCUT2D eigenvalue weighted by atomic mass is 10.2. The van der Waals surface area contributed by atoms with E-state index in [0.717, 1.165) is 14.7 Å². The number of carbonyl (C=O) groups is 1. The van der Waals surface area contributed by atoms with Crippen LogP contribution in [0.5, 0.6) is 0 Å². The number of hydrogen-bond donors (Lipinski definition) is 1. The van der Waals surface area contributed by atoms with Crippen LogP contribution in [0.15, 0.2) is 45.5 Å². The van der Waals surface area contributed by atoms with Gasteiger partial charge < -0.3 is 15.1 Å². The van der Waals surface area contributed by atoms with Crippen LogP contribution in [0.25, 0.3) is 0 Å². The summed E-state index contributed by atoms with van der Waals surface area (Å²) in [5, 5.41) is 15.3. The Morgan fingerprint density at radius 2 is 1.85 bits per heavy atom. The molecule has 40 heavy (non-hydrogen) atoms. The topological polar surface area (TPSA) is 135 Å². The first-order valence-electron chi connectivity index (χ1n) is 12.3. The summed E-state index contributed by atoms with van der Waals surface area (Å²) in [7, 11) is 1.23. The average molecular weight is 568 g/mol. The van der Waals surface area contributed by atoms with Crippen LogP contribution in [-0.2, 0) is 23.2 Å². The predicted octanol–water partition coefficient (Wildman–Crippen LogP) is 1.31. The number of nitro groups is 1. The molecule has 1 aromatic heterocycles. The van der Waals surface area contributed by atoms with Crippen molar-refractivity contribution in [2.75, 3.05) is 42.7 Å². The van der Waals surface area contributed by atoms with E-state index in [2.05, 4.69) is 5.32 Å². The fourth-order valence-corrected chi connectivity index (χ4v) is 4.68. The molecule has 0 radical (unpaired) electrons. The predicted molar refractivity (Wildman–Crippen MR) is 138 cm³/mol. The van der Waals surface area contributed by atoms with E-state index in [4.69, 9.17) is 4.84 Å². The highest BCUT2D eigenvalue weighted by molar-refractivity contribution is 5.80. The van der Waals surface area contributed by atoms with Gasteiger partial charge in [-0.05, 0) is 13.8 Å². The number of hydroxylamine groups is 1. The molecule has 13 nitrogen and oxygen atoms in total. The highest BCUT2D eigenvalue weighted by atomic mass is 19.4. The maximum absolute atomic E-state index is 13.9. The van der Waals surface area contributed by atoms with Crippen molar-refractivity contribution < 1.29 is 27.7 Å². The van der Waals surface area contributed by atoms with Gasteiger partial charge in [0.1, 0.15) is 0 Å². The highest BCUT2D eigenvalue weighted by Gasteiger charge is 2.50. The first-order valence-corrected chi connectivity index (χ1v) is 12.3. The molecule has 1 atom stereocenters. The molecule has 3 heterocycles. The lowest BCUT2D eigenvalue weighted by molar-refractivity contribution is -0.385. The van der Waals surface area contributed by atoms with Crippen molar-refractivity contribution >= 4 is 23.2 Å². The molecule has 216 valence electrons. The number of carbonyl (C=O) groups excluding carboxylic acids is 1. The van der Waals surface area contributed by atoms with Gasteiger partial charge in [0.25, 0.3) is 11.2 Å². The molecule has 1 fully saturated rings. The van der Waals surface area contributed by atoms with E-state index in [1.54, 1.807) is 24.8 Å². The Kier molecular flexibility index (Phi) is 8.02. The molecule has 0 saturated carbocycles. The first kappa shape index (κ1) is 28.8. The normalized spacial score (nSPS) is 17.5. The number of benzene rings is 1. The number of anilines is 2. The van der Waals surface area contributed by atoms with Crippen molar-refractivity contribution in [1.29, 1.82) is 0 Å². The quantitative estimate of drug-likeness (QED) is 0.296. The zero-order valence-electron chi connectivity index (χ0n) is 22.0. The molecular weight excluding hydrogens is 539 g/mol. The third-order valence-corrected chi connectivity index (χ3v) is 6.58. The lowest BCUT2D eigenvalue weighted by Crippen LogP contribution is -2.61. The third kappa shape index (κ3) is 5.44. The molecule has 1 unspecified atom stereocenters. The Labute approximate surface area is 225 Å². The number of aromatic nitrogens is 2. The Balaban J connectivity index is 1.95. The minimum atomic E-state index is -5.35. The molecule has 1 saturated heterocycles. The zero-order chi connectivity index (χ0) is 29.4. The van der Waals surface area contributed by atoms with Gasteiger partial charge in [0, 0.05) is 51.4 Å². The lowest BCUT2D eigenvalue weighted by Gasteiger charge is -2.40. The SMILES string of the molecule is CC(C)=CCN1c2c(n(C)c(=O)n(Cc3ccccc3[N+](=O)[O-])c2=O)N(OC(=O)C(F)(F)F)C1N1CCNCC1. The Bertz CT molecular complexity index is 1460. The summed E-state index contributed by atoms with van der Waals surface area (Å²) in [6.07, 6.45) is -4.79. The molecule has 2 aliphatic heterocycles. The van der Waals surface area contributed by atoms with Crippen LogP contribution in [0.1, 0.15) is 19.4 Å². The number of nitrogens with one attached hydrogen (secondary N) is 1. The number of nitro benzene ring substituents is 1. The van der Waals surface area contributed by atoms with Crippen LogP contribution >= 0.6 is 0 Å². The van der Waals surface area contributed by atoms with Crippen molar-refractivity contribution in [3.63, 3.8) is 0 Å². The van der Waals surface area contributed by atoms with Crippen LogP contribution < -0.4 is 26.5 Å². The molecule has 0 amide bonds. The van der Waals surface area contributed by atoms with Gasteiger partial charge in [0.05, 0.1) is 11.5 Å². The Morgan fingerprint density at radius 1 is 1.20 bits per heavy atom. The maximum atomic E-state index is 13.9.